The molecule has 66 valence electrons. The first-order valence-electron chi connectivity index (χ1n) is 3.60. The van der Waals surface area contributed by atoms with Crippen LogP contribution >= 0.6 is 15.9 Å². The lowest BCUT2D eigenvalue weighted by Gasteiger charge is -2.10. The van der Waals surface area contributed by atoms with Crippen LogP contribution in [0.1, 0.15) is 12.8 Å². The third-order valence-corrected chi connectivity index (χ3v) is 3.08. The Morgan fingerprint density at radius 2 is 2.09 bits per heavy atom. The maximum atomic E-state index is 11.6. The van der Waals surface area contributed by atoms with Crippen LogP contribution in [-0.2, 0) is 4.74 Å². The molecular weight excluding hydrogens is 218 g/mol. The van der Waals surface area contributed by atoms with Crippen LogP contribution in [0, 0.1) is 5.41 Å². The average molecular weight is 229 g/mol. The molecule has 1 aliphatic rings. The van der Waals surface area contributed by atoms with Crippen molar-refractivity contribution in [2.45, 2.75) is 19.3 Å². The van der Waals surface area contributed by atoms with Crippen molar-refractivity contribution in [2.24, 2.45) is 5.41 Å². The molecular formula is C7H11BrF2O. The fourth-order valence-corrected chi connectivity index (χ4v) is 1.58. The van der Waals surface area contributed by atoms with E-state index >= 15 is 0 Å². The Balaban J connectivity index is 2.03. The summed E-state index contributed by atoms with van der Waals surface area (Å²) in [6, 6.07) is 0. The Morgan fingerprint density at radius 3 is 2.45 bits per heavy atom. The first-order chi connectivity index (χ1) is 5.18. The first kappa shape index (κ1) is 9.39. The van der Waals surface area contributed by atoms with Crippen LogP contribution in [0.5, 0.6) is 0 Å². The molecule has 1 nitrogen and oxygen atoms in total. The van der Waals surface area contributed by atoms with Gasteiger partial charge in [-0.15, -0.1) is 0 Å². The Kier molecular flexibility index (Phi) is 3.25. The predicted octanol–water partition coefficient (Wildman–Crippen LogP) is 2.44. The van der Waals surface area contributed by atoms with Crippen molar-refractivity contribution in [3.63, 3.8) is 0 Å². The third kappa shape index (κ3) is 3.03. The summed E-state index contributed by atoms with van der Waals surface area (Å²) in [7, 11) is 0. The normalized spacial score (nSPS) is 20.7. The minimum absolute atomic E-state index is 0.189. The lowest BCUT2D eigenvalue weighted by atomic mass is 10.2. The van der Waals surface area contributed by atoms with Gasteiger partial charge in [0.1, 0.15) is 6.61 Å². The van der Waals surface area contributed by atoms with Gasteiger partial charge in [0, 0.05) is 10.7 Å². The summed E-state index contributed by atoms with van der Waals surface area (Å²) in [5, 5.41) is 0.864. The van der Waals surface area contributed by atoms with E-state index in [4.69, 9.17) is 4.74 Å². The van der Waals surface area contributed by atoms with Crippen LogP contribution in [-0.4, -0.2) is 25.0 Å². The predicted molar refractivity (Wildman–Crippen MR) is 42.3 cm³/mol. The monoisotopic (exact) mass is 228 g/mol. The van der Waals surface area contributed by atoms with E-state index in [2.05, 4.69) is 15.9 Å². The SMILES string of the molecule is FC(F)COCC1(CBr)CC1. The molecule has 1 fully saturated rings. The van der Waals surface area contributed by atoms with E-state index in [1.54, 1.807) is 0 Å². The van der Waals surface area contributed by atoms with Gasteiger partial charge in [-0.05, 0) is 12.8 Å². The van der Waals surface area contributed by atoms with Crippen molar-refractivity contribution in [3.05, 3.63) is 0 Å². The van der Waals surface area contributed by atoms with Crippen molar-refractivity contribution in [1.29, 1.82) is 0 Å². The van der Waals surface area contributed by atoms with Gasteiger partial charge in [0.2, 0.25) is 0 Å². The Labute approximate surface area is 73.2 Å². The highest BCUT2D eigenvalue weighted by atomic mass is 79.9. The molecule has 0 aromatic carbocycles. The van der Waals surface area contributed by atoms with Crippen molar-refractivity contribution in [2.75, 3.05) is 18.5 Å². The second-order valence-electron chi connectivity index (χ2n) is 3.04. The van der Waals surface area contributed by atoms with Gasteiger partial charge in [0.25, 0.3) is 6.43 Å². The maximum Gasteiger partial charge on any atom is 0.261 e. The molecule has 11 heavy (non-hydrogen) atoms. The highest BCUT2D eigenvalue weighted by Gasteiger charge is 2.41. The Hall–Kier alpha value is 0.300. The number of alkyl halides is 3. The fourth-order valence-electron chi connectivity index (χ4n) is 0.858. The Bertz CT molecular complexity index is 126. The molecule has 4 heteroatoms. The van der Waals surface area contributed by atoms with E-state index in [0.29, 0.717) is 6.61 Å². The largest absolute Gasteiger partial charge is 0.375 e. The van der Waals surface area contributed by atoms with Crippen molar-refractivity contribution < 1.29 is 13.5 Å². The molecule has 0 aromatic heterocycles. The van der Waals surface area contributed by atoms with Crippen molar-refractivity contribution in [3.8, 4) is 0 Å². The fraction of sp³-hybridized carbons (Fsp3) is 1.00. The van der Waals surface area contributed by atoms with Gasteiger partial charge >= 0.3 is 0 Å². The van der Waals surface area contributed by atoms with Gasteiger partial charge in [-0.3, -0.25) is 0 Å². The summed E-state index contributed by atoms with van der Waals surface area (Å²) in [6.45, 7) is 0.0529. The summed E-state index contributed by atoms with van der Waals surface area (Å²) in [5.74, 6) is 0. The van der Waals surface area contributed by atoms with Gasteiger partial charge in [0.05, 0.1) is 6.61 Å². The van der Waals surface area contributed by atoms with Crippen LogP contribution < -0.4 is 0 Å². The van der Waals surface area contributed by atoms with Gasteiger partial charge in [-0.25, -0.2) is 8.78 Å². The standard InChI is InChI=1S/C7H11BrF2O/c8-4-7(1-2-7)5-11-3-6(9)10/h6H,1-5H2. The molecule has 0 saturated heterocycles. The van der Waals surface area contributed by atoms with Gasteiger partial charge in [-0.2, -0.15) is 0 Å². The van der Waals surface area contributed by atoms with Gasteiger partial charge < -0.3 is 4.74 Å². The lowest BCUT2D eigenvalue weighted by Crippen LogP contribution is -2.15. The average Bonchev–Trinajstić information content (AvgIpc) is 2.69. The van der Waals surface area contributed by atoms with E-state index in [1.165, 1.54) is 0 Å². The van der Waals surface area contributed by atoms with Gasteiger partial charge in [-0.1, -0.05) is 15.9 Å². The van der Waals surface area contributed by atoms with E-state index in [0.717, 1.165) is 18.2 Å². The maximum absolute atomic E-state index is 11.6. The second-order valence-corrected chi connectivity index (χ2v) is 3.60. The van der Waals surface area contributed by atoms with Crippen molar-refractivity contribution in [1.82, 2.24) is 0 Å². The van der Waals surface area contributed by atoms with Crippen LogP contribution in [0.15, 0.2) is 0 Å². The zero-order chi connectivity index (χ0) is 8.32. The summed E-state index contributed by atoms with van der Waals surface area (Å²) >= 11 is 3.33. The zero-order valence-corrected chi connectivity index (χ0v) is 7.74. The highest BCUT2D eigenvalue weighted by molar-refractivity contribution is 9.09. The molecule has 0 heterocycles. The Morgan fingerprint density at radius 1 is 1.45 bits per heavy atom. The molecule has 0 amide bonds. The number of ether oxygens (including phenoxy) is 1. The molecule has 0 spiro atoms. The summed E-state index contributed by atoms with van der Waals surface area (Å²) in [4.78, 5) is 0. The number of hydrogen-bond donors (Lipinski definition) is 0. The van der Waals surface area contributed by atoms with Gasteiger partial charge in [0.15, 0.2) is 0 Å². The minimum atomic E-state index is -2.33. The van der Waals surface area contributed by atoms with Crippen molar-refractivity contribution >= 4 is 15.9 Å². The van der Waals surface area contributed by atoms with E-state index in [1.807, 2.05) is 0 Å². The van der Waals surface area contributed by atoms with Crippen LogP contribution in [0.3, 0.4) is 0 Å². The second kappa shape index (κ2) is 3.81. The van der Waals surface area contributed by atoms with E-state index < -0.39 is 13.0 Å². The lowest BCUT2D eigenvalue weighted by molar-refractivity contribution is 0.00307. The van der Waals surface area contributed by atoms with Crippen LogP contribution in [0.4, 0.5) is 8.78 Å². The zero-order valence-electron chi connectivity index (χ0n) is 6.16. The molecule has 0 bridgehead atoms. The van der Waals surface area contributed by atoms with Crippen LogP contribution in [0.25, 0.3) is 0 Å². The number of hydrogen-bond acceptors (Lipinski definition) is 1. The molecule has 1 rings (SSSR count). The van der Waals surface area contributed by atoms with E-state index in [-0.39, 0.29) is 5.41 Å². The van der Waals surface area contributed by atoms with E-state index in [9.17, 15) is 8.78 Å². The molecule has 1 saturated carbocycles. The third-order valence-electron chi connectivity index (χ3n) is 1.89. The molecule has 1 aliphatic carbocycles. The molecule has 0 N–H and O–H groups in total. The summed E-state index contributed by atoms with van der Waals surface area (Å²) in [5.41, 5.74) is 0.189. The molecule has 0 aromatic rings. The topological polar surface area (TPSA) is 9.23 Å². The minimum Gasteiger partial charge on any atom is -0.375 e. The number of halogens is 3. The summed E-state index contributed by atoms with van der Waals surface area (Å²) < 4.78 is 28.0. The number of rotatable bonds is 5. The molecule has 0 unspecified atom stereocenters. The molecule has 0 aliphatic heterocycles. The molecule has 0 atom stereocenters. The summed E-state index contributed by atoms with van der Waals surface area (Å²) in [6.07, 6.45) is -0.135. The first-order valence-corrected chi connectivity index (χ1v) is 4.72. The smallest absolute Gasteiger partial charge is 0.261 e. The molecule has 0 radical (unpaired) electrons. The quantitative estimate of drug-likeness (QED) is 0.658. The van der Waals surface area contributed by atoms with Crippen LogP contribution in [0.2, 0.25) is 0 Å². The highest BCUT2D eigenvalue weighted by Crippen LogP contribution is 2.47.